The molecule has 9 nitrogen and oxygen atoms in total. The molecule has 12 heteroatoms. The van der Waals surface area contributed by atoms with Crippen molar-refractivity contribution in [1.29, 1.82) is 0 Å². The Labute approximate surface area is 277 Å². The first kappa shape index (κ1) is 29.9. The number of H-pyrrole nitrogens is 1. The summed E-state index contributed by atoms with van der Waals surface area (Å²) < 4.78 is 25.3. The van der Waals surface area contributed by atoms with Crippen molar-refractivity contribution in [3.05, 3.63) is 98.2 Å². The molecule has 2 aliphatic carbocycles. The van der Waals surface area contributed by atoms with Gasteiger partial charge in [0.05, 0.1) is 29.7 Å². The highest BCUT2D eigenvalue weighted by Gasteiger charge is 2.69. The topological polar surface area (TPSA) is 118 Å². The van der Waals surface area contributed by atoms with E-state index in [0.717, 1.165) is 27.5 Å². The molecule has 1 saturated heterocycles. The van der Waals surface area contributed by atoms with E-state index in [2.05, 4.69) is 10.3 Å². The number of hydrogen-bond donors (Lipinski definition) is 2. The zero-order valence-electron chi connectivity index (χ0n) is 25.4. The third-order valence-corrected chi connectivity index (χ3v) is 12.6. The van der Waals surface area contributed by atoms with Gasteiger partial charge in [0, 0.05) is 21.7 Å². The number of fused-ring (bicyclic) bond motifs is 9. The Hall–Kier alpha value is -4.42. The molecule has 47 heavy (non-hydrogen) atoms. The summed E-state index contributed by atoms with van der Waals surface area (Å²) in [5.41, 5.74) is 3.00. The molecule has 4 aliphatic rings. The largest absolute Gasteiger partial charge is 0.493 e. The number of halogens is 1. The van der Waals surface area contributed by atoms with Crippen LogP contribution in [0.5, 0.6) is 11.5 Å². The van der Waals surface area contributed by atoms with Crippen LogP contribution in [0.15, 0.2) is 76.6 Å². The lowest BCUT2D eigenvalue weighted by Crippen LogP contribution is -2.42. The molecule has 4 aromatic rings. The van der Waals surface area contributed by atoms with Crippen LogP contribution in [0.4, 0.5) is 15.8 Å². The maximum atomic E-state index is 13.9. The molecule has 7 atom stereocenters. The lowest BCUT2D eigenvalue weighted by Gasteiger charge is -2.43. The number of aromatic nitrogens is 1. The molecule has 3 amide bonds. The van der Waals surface area contributed by atoms with Crippen molar-refractivity contribution >= 4 is 52.2 Å². The summed E-state index contributed by atoms with van der Waals surface area (Å²) in [6.07, 6.45) is 0.746. The summed E-state index contributed by atoms with van der Waals surface area (Å²) >= 11 is 2.78. The van der Waals surface area contributed by atoms with Crippen molar-refractivity contribution in [2.45, 2.75) is 29.5 Å². The number of thioether (sulfide) groups is 1. The van der Waals surface area contributed by atoms with Gasteiger partial charge in [-0.3, -0.25) is 24.1 Å². The van der Waals surface area contributed by atoms with Crippen LogP contribution >= 0.6 is 23.1 Å². The molecule has 1 aromatic heterocycles. The van der Waals surface area contributed by atoms with Crippen molar-refractivity contribution in [3.8, 4) is 11.5 Å². The lowest BCUT2D eigenvalue weighted by atomic mass is 9.68. The number of carbonyl (C=O) groups excluding carboxylic acids is 3. The monoisotopic (exact) mass is 671 g/mol. The van der Waals surface area contributed by atoms with Crippen molar-refractivity contribution in [1.82, 2.24) is 4.98 Å². The van der Waals surface area contributed by atoms with E-state index in [-0.39, 0.29) is 58.1 Å². The number of hydrogen-bond acceptors (Lipinski definition) is 8. The molecule has 0 radical (unpaired) electrons. The van der Waals surface area contributed by atoms with E-state index in [1.807, 2.05) is 43.3 Å². The minimum atomic E-state index is -0.476. The van der Waals surface area contributed by atoms with Gasteiger partial charge in [0.15, 0.2) is 18.1 Å². The summed E-state index contributed by atoms with van der Waals surface area (Å²) in [5, 5.41) is 3.65. The molecule has 0 spiro atoms. The van der Waals surface area contributed by atoms with Crippen LogP contribution in [-0.4, -0.2) is 41.7 Å². The van der Waals surface area contributed by atoms with Gasteiger partial charge in [-0.1, -0.05) is 29.5 Å². The smallest absolute Gasteiger partial charge is 0.305 e. The van der Waals surface area contributed by atoms with Gasteiger partial charge in [0.25, 0.3) is 5.91 Å². The molecule has 240 valence electrons. The SMILES string of the molecule is COc1cc([C@@H]2c3sc(=O)[nH]c3S[C@@H]3[C@@H]4C[C@@H]([C@@H]5C(=O)N(c6ccc(F)cc6)C(=O)[C@@H]45)[C@H]23)ccc1OCC(=O)Nc1cccc(C)c1. The number of aryl methyl sites for hydroxylation is 1. The fraction of sp³-hybridized carbons (Fsp3) is 0.314. The molecule has 2 bridgehead atoms. The molecule has 8 rings (SSSR count). The highest BCUT2D eigenvalue weighted by molar-refractivity contribution is 8.00. The Morgan fingerprint density at radius 3 is 2.51 bits per heavy atom. The number of amides is 3. The van der Waals surface area contributed by atoms with E-state index in [1.54, 1.807) is 17.8 Å². The van der Waals surface area contributed by atoms with Gasteiger partial charge in [-0.25, -0.2) is 4.39 Å². The summed E-state index contributed by atoms with van der Waals surface area (Å²) in [5.74, 6) is -1.63. The number of aromatic amines is 1. The Balaban J connectivity index is 1.09. The maximum Gasteiger partial charge on any atom is 0.305 e. The first-order chi connectivity index (χ1) is 22.7. The van der Waals surface area contributed by atoms with Crippen LogP contribution in [0.1, 0.15) is 28.3 Å². The van der Waals surface area contributed by atoms with Gasteiger partial charge < -0.3 is 19.8 Å². The standard InChI is InChI=1S/C35H30FN3O6S2/c1-16-4-3-5-19(12-16)37-25(40)15-45-23-11-6-17(13-24(23)44-2)26-27-21-14-22(30(27)46-32-31(26)47-35(43)38-32)29-28(21)33(41)39(34(29)42)20-9-7-18(36)8-10-20/h3-13,21-22,26-30H,14-15H2,1-2H3,(H,37,40)(H,38,43)/t21-,22-,26+,27-,28+,29+,30-/m1/s1. The van der Waals surface area contributed by atoms with Gasteiger partial charge >= 0.3 is 4.87 Å². The van der Waals surface area contributed by atoms with Crippen LogP contribution in [0.2, 0.25) is 0 Å². The minimum absolute atomic E-state index is 0.00769. The molecule has 3 fully saturated rings. The van der Waals surface area contributed by atoms with Crippen molar-refractivity contribution in [2.24, 2.45) is 29.6 Å². The highest BCUT2D eigenvalue weighted by Crippen LogP contribution is 2.68. The van der Waals surface area contributed by atoms with Crippen molar-refractivity contribution in [3.63, 3.8) is 0 Å². The second kappa shape index (κ2) is 11.4. The van der Waals surface area contributed by atoms with Crippen LogP contribution in [-0.2, 0) is 14.4 Å². The number of nitrogens with zero attached hydrogens (tertiary/aromatic N) is 1. The fourth-order valence-corrected chi connectivity index (χ4v) is 11.2. The number of carbonyl (C=O) groups is 3. The van der Waals surface area contributed by atoms with Crippen LogP contribution in [0, 0.1) is 42.3 Å². The van der Waals surface area contributed by atoms with Crippen LogP contribution < -0.4 is 24.6 Å². The summed E-state index contributed by atoms with van der Waals surface area (Å²) in [6, 6.07) is 18.6. The number of ether oxygens (including phenoxy) is 2. The van der Waals surface area contributed by atoms with Gasteiger partial charge in [-0.15, -0.1) is 11.8 Å². The maximum absolute atomic E-state index is 13.9. The van der Waals surface area contributed by atoms with Crippen LogP contribution in [0.3, 0.4) is 0 Å². The van der Waals surface area contributed by atoms with Gasteiger partial charge in [0.1, 0.15) is 5.82 Å². The number of anilines is 2. The Bertz CT molecular complexity index is 1990. The zero-order valence-corrected chi connectivity index (χ0v) is 27.0. The van der Waals surface area contributed by atoms with Gasteiger partial charge in [0.2, 0.25) is 11.8 Å². The lowest BCUT2D eigenvalue weighted by molar-refractivity contribution is -0.123. The van der Waals surface area contributed by atoms with Crippen LogP contribution in [0.25, 0.3) is 0 Å². The zero-order chi connectivity index (χ0) is 32.6. The molecular weight excluding hydrogens is 642 g/mol. The molecular formula is C35H30FN3O6S2. The van der Waals surface area contributed by atoms with Crippen molar-refractivity contribution in [2.75, 3.05) is 23.9 Å². The predicted molar refractivity (Wildman–Crippen MR) is 176 cm³/mol. The fourth-order valence-electron chi connectivity index (χ4n) is 8.29. The number of thiazole rings is 1. The van der Waals surface area contributed by atoms with E-state index in [4.69, 9.17) is 9.47 Å². The van der Waals surface area contributed by atoms with E-state index < -0.39 is 17.7 Å². The second-order valence-electron chi connectivity index (χ2n) is 12.6. The average molecular weight is 672 g/mol. The highest BCUT2D eigenvalue weighted by atomic mass is 32.2. The molecule has 0 unspecified atom stereocenters. The van der Waals surface area contributed by atoms with E-state index in [1.165, 1.54) is 47.6 Å². The Morgan fingerprint density at radius 1 is 1.00 bits per heavy atom. The van der Waals surface area contributed by atoms with E-state index >= 15 is 0 Å². The number of methoxy groups -OCH3 is 1. The van der Waals surface area contributed by atoms with E-state index in [9.17, 15) is 23.6 Å². The number of rotatable bonds is 7. The summed E-state index contributed by atoms with van der Waals surface area (Å²) in [6.45, 7) is 1.73. The van der Waals surface area contributed by atoms with Crippen molar-refractivity contribution < 1.29 is 28.2 Å². The minimum Gasteiger partial charge on any atom is -0.493 e. The third kappa shape index (κ3) is 4.88. The first-order valence-corrected chi connectivity index (χ1v) is 17.1. The number of nitrogens with one attached hydrogen (secondary N) is 2. The number of imide groups is 1. The normalized spacial score (nSPS) is 27.0. The van der Waals surface area contributed by atoms with Gasteiger partial charge in [-0.2, -0.15) is 0 Å². The average Bonchev–Trinajstić information content (AvgIpc) is 3.79. The molecule has 2 saturated carbocycles. The number of benzene rings is 3. The summed E-state index contributed by atoms with van der Waals surface area (Å²) in [7, 11) is 1.54. The molecule has 2 aliphatic heterocycles. The van der Waals surface area contributed by atoms with E-state index in [0.29, 0.717) is 22.9 Å². The Morgan fingerprint density at radius 2 is 1.77 bits per heavy atom. The second-order valence-corrected chi connectivity index (χ2v) is 14.8. The summed E-state index contributed by atoms with van der Waals surface area (Å²) in [4.78, 5) is 58.0. The third-order valence-electron chi connectivity index (χ3n) is 10.0. The molecule has 3 heterocycles. The van der Waals surface area contributed by atoms with Gasteiger partial charge in [-0.05, 0) is 90.8 Å². The first-order valence-electron chi connectivity index (χ1n) is 15.4. The predicted octanol–water partition coefficient (Wildman–Crippen LogP) is 5.59. The quantitative estimate of drug-likeness (QED) is 0.246. The molecule has 3 aromatic carbocycles. The molecule has 2 N–H and O–H groups in total. The Kier molecular flexibility index (Phi) is 7.25.